The highest BCUT2D eigenvalue weighted by molar-refractivity contribution is 5.90. The molecule has 5 nitrogen and oxygen atoms in total. The summed E-state index contributed by atoms with van der Waals surface area (Å²) < 4.78 is 11.2. The SMILES string of the molecule is CC1(C)CC(NCCOc2ccccc2C(=O)O)CCO1. The zero-order valence-corrected chi connectivity index (χ0v) is 12.6. The van der Waals surface area contributed by atoms with Crippen molar-refractivity contribution < 1.29 is 19.4 Å². The number of ether oxygens (including phenoxy) is 2. The molecule has 21 heavy (non-hydrogen) atoms. The van der Waals surface area contributed by atoms with Gasteiger partial charge in [0.2, 0.25) is 0 Å². The third-order valence-corrected chi connectivity index (χ3v) is 3.61. The number of carboxylic acids is 1. The zero-order chi connectivity index (χ0) is 15.3. The first kappa shape index (κ1) is 15.8. The van der Waals surface area contributed by atoms with Gasteiger partial charge in [0.25, 0.3) is 0 Å². The molecule has 1 aromatic carbocycles. The summed E-state index contributed by atoms with van der Waals surface area (Å²) in [5, 5.41) is 12.5. The second-order valence-electron chi connectivity index (χ2n) is 5.90. The van der Waals surface area contributed by atoms with Gasteiger partial charge >= 0.3 is 5.97 Å². The van der Waals surface area contributed by atoms with Crippen LogP contribution < -0.4 is 10.1 Å². The molecule has 0 bridgehead atoms. The molecule has 1 aliphatic heterocycles. The minimum absolute atomic E-state index is 0.0767. The van der Waals surface area contributed by atoms with E-state index in [-0.39, 0.29) is 11.2 Å². The molecule has 5 heteroatoms. The van der Waals surface area contributed by atoms with Gasteiger partial charge in [-0.05, 0) is 38.8 Å². The lowest BCUT2D eigenvalue weighted by molar-refractivity contribution is -0.0630. The first-order chi connectivity index (χ1) is 9.98. The first-order valence-corrected chi connectivity index (χ1v) is 7.30. The monoisotopic (exact) mass is 293 g/mol. The molecule has 1 unspecified atom stereocenters. The van der Waals surface area contributed by atoms with E-state index in [1.807, 2.05) is 0 Å². The fourth-order valence-corrected chi connectivity index (χ4v) is 2.60. The van der Waals surface area contributed by atoms with Crippen molar-refractivity contribution in [3.63, 3.8) is 0 Å². The maximum atomic E-state index is 11.1. The fraction of sp³-hybridized carbons (Fsp3) is 0.562. The van der Waals surface area contributed by atoms with Gasteiger partial charge < -0.3 is 19.9 Å². The van der Waals surface area contributed by atoms with Crippen LogP contribution in [0.2, 0.25) is 0 Å². The maximum absolute atomic E-state index is 11.1. The van der Waals surface area contributed by atoms with Crippen LogP contribution in [-0.2, 0) is 4.74 Å². The number of rotatable bonds is 6. The molecule has 116 valence electrons. The van der Waals surface area contributed by atoms with Crippen molar-refractivity contribution in [2.75, 3.05) is 19.8 Å². The number of hydrogen-bond donors (Lipinski definition) is 2. The Morgan fingerprint density at radius 1 is 1.48 bits per heavy atom. The van der Waals surface area contributed by atoms with Crippen LogP contribution in [0.25, 0.3) is 0 Å². The molecule has 0 spiro atoms. The summed E-state index contributed by atoms with van der Waals surface area (Å²) in [6, 6.07) is 7.12. The van der Waals surface area contributed by atoms with Crippen molar-refractivity contribution in [1.29, 1.82) is 0 Å². The Labute approximate surface area is 125 Å². The standard InChI is InChI=1S/C16H23NO4/c1-16(2)11-12(7-9-21-16)17-8-10-20-14-6-4-3-5-13(14)15(18)19/h3-6,12,17H,7-11H2,1-2H3,(H,18,19). The summed E-state index contributed by atoms with van der Waals surface area (Å²) in [5.74, 6) is -0.552. The van der Waals surface area contributed by atoms with Gasteiger partial charge in [-0.15, -0.1) is 0 Å². The van der Waals surface area contributed by atoms with Gasteiger partial charge in [-0.2, -0.15) is 0 Å². The van der Waals surface area contributed by atoms with E-state index < -0.39 is 5.97 Å². The van der Waals surface area contributed by atoms with Crippen molar-refractivity contribution in [2.24, 2.45) is 0 Å². The van der Waals surface area contributed by atoms with Crippen molar-refractivity contribution in [3.8, 4) is 5.75 Å². The molecule has 2 rings (SSSR count). The van der Waals surface area contributed by atoms with Crippen molar-refractivity contribution in [2.45, 2.75) is 38.3 Å². The van der Waals surface area contributed by atoms with E-state index in [4.69, 9.17) is 14.6 Å². The van der Waals surface area contributed by atoms with Crippen LogP contribution in [0.1, 0.15) is 37.0 Å². The lowest BCUT2D eigenvalue weighted by Crippen LogP contribution is -2.44. The summed E-state index contributed by atoms with van der Waals surface area (Å²) >= 11 is 0. The summed E-state index contributed by atoms with van der Waals surface area (Å²) in [6.07, 6.45) is 1.97. The smallest absolute Gasteiger partial charge is 0.339 e. The minimum atomic E-state index is -0.968. The number of hydrogen-bond acceptors (Lipinski definition) is 4. The average Bonchev–Trinajstić information content (AvgIpc) is 2.43. The highest BCUT2D eigenvalue weighted by Gasteiger charge is 2.28. The van der Waals surface area contributed by atoms with E-state index in [0.29, 0.717) is 24.9 Å². The Bertz CT molecular complexity index is 487. The largest absolute Gasteiger partial charge is 0.491 e. The van der Waals surface area contributed by atoms with Gasteiger partial charge in [-0.3, -0.25) is 0 Å². The molecule has 0 aromatic heterocycles. The second kappa shape index (κ2) is 6.91. The van der Waals surface area contributed by atoms with E-state index in [1.54, 1.807) is 24.3 Å². The number of carboxylic acid groups (broad SMARTS) is 1. The third kappa shape index (κ3) is 4.72. The van der Waals surface area contributed by atoms with Crippen molar-refractivity contribution in [1.82, 2.24) is 5.32 Å². The molecule has 0 aliphatic carbocycles. The molecule has 0 radical (unpaired) electrons. The normalized spacial score (nSPS) is 21.0. The van der Waals surface area contributed by atoms with Crippen LogP contribution in [0.5, 0.6) is 5.75 Å². The summed E-state index contributed by atoms with van der Waals surface area (Å²) in [6.45, 7) is 6.10. The Kier molecular flexibility index (Phi) is 5.20. The second-order valence-corrected chi connectivity index (χ2v) is 5.90. The summed E-state index contributed by atoms with van der Waals surface area (Å²) in [4.78, 5) is 11.1. The van der Waals surface area contributed by atoms with Crippen LogP contribution in [0, 0.1) is 0 Å². The molecule has 0 saturated carbocycles. The van der Waals surface area contributed by atoms with E-state index >= 15 is 0 Å². The molecule has 1 saturated heterocycles. The van der Waals surface area contributed by atoms with Crippen molar-refractivity contribution in [3.05, 3.63) is 29.8 Å². The van der Waals surface area contributed by atoms with E-state index in [2.05, 4.69) is 19.2 Å². The van der Waals surface area contributed by atoms with Gasteiger partial charge in [0.15, 0.2) is 0 Å². The minimum Gasteiger partial charge on any atom is -0.491 e. The van der Waals surface area contributed by atoms with Crippen LogP contribution in [-0.4, -0.2) is 42.5 Å². The molecule has 1 aromatic rings. The Balaban J connectivity index is 1.76. The molecule has 1 atom stereocenters. The molecule has 2 N–H and O–H groups in total. The average molecular weight is 293 g/mol. The topological polar surface area (TPSA) is 67.8 Å². The maximum Gasteiger partial charge on any atom is 0.339 e. The van der Waals surface area contributed by atoms with Gasteiger partial charge in [-0.25, -0.2) is 4.79 Å². The summed E-state index contributed by atoms with van der Waals surface area (Å²) in [7, 11) is 0. The summed E-state index contributed by atoms with van der Waals surface area (Å²) in [5.41, 5.74) is 0.122. The van der Waals surface area contributed by atoms with Crippen LogP contribution in [0.15, 0.2) is 24.3 Å². The fourth-order valence-electron chi connectivity index (χ4n) is 2.60. The highest BCUT2D eigenvalue weighted by Crippen LogP contribution is 2.23. The molecule has 1 aliphatic rings. The number of aromatic carboxylic acids is 1. The Hall–Kier alpha value is -1.59. The molecule has 0 amide bonds. The molecular formula is C16H23NO4. The molecular weight excluding hydrogens is 270 g/mol. The number of para-hydroxylation sites is 1. The van der Waals surface area contributed by atoms with Gasteiger partial charge in [0, 0.05) is 19.2 Å². The lowest BCUT2D eigenvalue weighted by atomic mass is 9.94. The van der Waals surface area contributed by atoms with E-state index in [0.717, 1.165) is 19.4 Å². The highest BCUT2D eigenvalue weighted by atomic mass is 16.5. The quantitative estimate of drug-likeness (QED) is 0.788. The number of benzene rings is 1. The predicted octanol–water partition coefficient (Wildman–Crippen LogP) is 2.31. The van der Waals surface area contributed by atoms with Gasteiger partial charge in [-0.1, -0.05) is 12.1 Å². The van der Waals surface area contributed by atoms with E-state index in [9.17, 15) is 4.79 Å². The lowest BCUT2D eigenvalue weighted by Gasteiger charge is -2.36. The van der Waals surface area contributed by atoms with Crippen LogP contribution in [0.3, 0.4) is 0 Å². The number of nitrogens with one attached hydrogen (secondary N) is 1. The Morgan fingerprint density at radius 2 is 2.24 bits per heavy atom. The van der Waals surface area contributed by atoms with Crippen LogP contribution >= 0.6 is 0 Å². The zero-order valence-electron chi connectivity index (χ0n) is 12.6. The first-order valence-electron chi connectivity index (χ1n) is 7.30. The predicted molar refractivity (Wildman–Crippen MR) is 80.0 cm³/mol. The van der Waals surface area contributed by atoms with Gasteiger partial charge in [0.05, 0.1) is 5.60 Å². The molecule has 1 fully saturated rings. The molecule has 1 heterocycles. The Morgan fingerprint density at radius 3 is 2.95 bits per heavy atom. The van der Waals surface area contributed by atoms with E-state index in [1.165, 1.54) is 0 Å². The van der Waals surface area contributed by atoms with Crippen molar-refractivity contribution >= 4 is 5.97 Å². The number of carbonyl (C=O) groups is 1. The van der Waals surface area contributed by atoms with Crippen LogP contribution in [0.4, 0.5) is 0 Å². The van der Waals surface area contributed by atoms with Gasteiger partial charge in [0.1, 0.15) is 17.9 Å². The third-order valence-electron chi connectivity index (χ3n) is 3.61.